The molecule has 2 rings (SSSR count). The molecule has 0 saturated carbocycles. The van der Waals surface area contributed by atoms with Crippen LogP contribution < -0.4 is 5.32 Å². The zero-order valence-electron chi connectivity index (χ0n) is 12.0. The quantitative estimate of drug-likeness (QED) is 0.789. The minimum absolute atomic E-state index is 0.707. The van der Waals surface area contributed by atoms with Gasteiger partial charge in [-0.05, 0) is 13.8 Å². The molecule has 6 heteroatoms. The zero-order chi connectivity index (χ0) is 13.8. The lowest BCUT2D eigenvalue weighted by atomic mass is 10.2. The maximum Gasteiger partial charge on any atom is 0.140 e. The van der Waals surface area contributed by atoms with Crippen LogP contribution in [-0.2, 0) is 18.3 Å². The summed E-state index contributed by atoms with van der Waals surface area (Å²) in [6, 6.07) is 0. The van der Waals surface area contributed by atoms with E-state index in [0.717, 1.165) is 30.4 Å². The molecule has 2 heterocycles. The molecule has 19 heavy (non-hydrogen) atoms. The van der Waals surface area contributed by atoms with Crippen molar-refractivity contribution in [1.29, 1.82) is 0 Å². The molecule has 0 fully saturated rings. The monoisotopic (exact) mass is 263 g/mol. The predicted molar refractivity (Wildman–Crippen MR) is 73.4 cm³/mol. The lowest BCUT2D eigenvalue weighted by Gasteiger charge is -2.10. The molecule has 0 saturated heterocycles. The highest BCUT2D eigenvalue weighted by Crippen LogP contribution is 2.18. The molecule has 0 unspecified atom stereocenters. The molecule has 0 aliphatic carbocycles. The molecule has 0 amide bonds. The molecule has 0 radical (unpaired) electrons. The number of nitrogens with zero attached hydrogens (tertiary/aromatic N) is 4. The van der Waals surface area contributed by atoms with Crippen molar-refractivity contribution >= 4 is 0 Å². The van der Waals surface area contributed by atoms with Crippen molar-refractivity contribution in [2.75, 3.05) is 20.3 Å². The number of rotatable bonds is 6. The van der Waals surface area contributed by atoms with Crippen LogP contribution in [-0.4, -0.2) is 39.6 Å². The third kappa shape index (κ3) is 2.85. The number of nitrogens with one attached hydrogen (secondary N) is 1. The summed E-state index contributed by atoms with van der Waals surface area (Å²) in [4.78, 5) is 4.28. The number of hydrogen-bond donors (Lipinski definition) is 1. The molecule has 2 aromatic heterocycles. The van der Waals surface area contributed by atoms with E-state index in [0.29, 0.717) is 6.61 Å². The lowest BCUT2D eigenvalue weighted by Crippen LogP contribution is -2.20. The Morgan fingerprint density at radius 1 is 1.37 bits per heavy atom. The summed E-state index contributed by atoms with van der Waals surface area (Å²) < 4.78 is 9.00. The van der Waals surface area contributed by atoms with Gasteiger partial charge in [0.1, 0.15) is 11.6 Å². The minimum atomic E-state index is 0.707. The maximum atomic E-state index is 5.04. The Labute approximate surface area is 113 Å². The normalized spacial score (nSPS) is 11.2. The molecule has 2 aromatic rings. The van der Waals surface area contributed by atoms with Crippen LogP contribution in [0.1, 0.15) is 17.1 Å². The Morgan fingerprint density at radius 2 is 2.16 bits per heavy atom. The zero-order valence-corrected chi connectivity index (χ0v) is 12.0. The van der Waals surface area contributed by atoms with Gasteiger partial charge in [0, 0.05) is 45.2 Å². The molecule has 0 spiro atoms. The first-order valence-electron chi connectivity index (χ1n) is 6.37. The van der Waals surface area contributed by atoms with Crippen LogP contribution in [0.15, 0.2) is 12.4 Å². The second kappa shape index (κ2) is 5.99. The summed E-state index contributed by atoms with van der Waals surface area (Å²) in [5, 5.41) is 7.87. The number of hydrogen-bond acceptors (Lipinski definition) is 4. The van der Waals surface area contributed by atoms with Crippen LogP contribution in [0.4, 0.5) is 0 Å². The third-order valence-corrected chi connectivity index (χ3v) is 3.15. The number of imidazole rings is 1. The highest BCUT2D eigenvalue weighted by atomic mass is 16.5. The highest BCUT2D eigenvalue weighted by Gasteiger charge is 2.15. The molecule has 0 atom stereocenters. The second-order valence-corrected chi connectivity index (χ2v) is 4.53. The average molecular weight is 263 g/mol. The van der Waals surface area contributed by atoms with E-state index in [1.54, 1.807) is 13.3 Å². The fraction of sp³-hybridized carbons (Fsp3) is 0.538. The summed E-state index contributed by atoms with van der Waals surface area (Å²) >= 11 is 0. The van der Waals surface area contributed by atoms with E-state index in [9.17, 15) is 0 Å². The van der Waals surface area contributed by atoms with Gasteiger partial charge in [-0.3, -0.25) is 9.25 Å². The average Bonchev–Trinajstić information content (AvgIpc) is 2.89. The Morgan fingerprint density at radius 3 is 2.79 bits per heavy atom. The third-order valence-electron chi connectivity index (χ3n) is 3.15. The summed E-state index contributed by atoms with van der Waals surface area (Å²) in [5.41, 5.74) is 2.23. The highest BCUT2D eigenvalue weighted by molar-refractivity contribution is 5.39. The van der Waals surface area contributed by atoms with Crippen LogP contribution in [0.5, 0.6) is 0 Å². The van der Waals surface area contributed by atoms with Crippen molar-refractivity contribution in [3.63, 3.8) is 0 Å². The SMILES string of the molecule is COCCNCc1c(C)nn(C)c1-n1ccnc1C. The van der Waals surface area contributed by atoms with Crippen molar-refractivity contribution in [2.24, 2.45) is 7.05 Å². The minimum Gasteiger partial charge on any atom is -0.383 e. The van der Waals surface area contributed by atoms with Gasteiger partial charge < -0.3 is 10.1 Å². The first kappa shape index (κ1) is 13.8. The first-order valence-corrected chi connectivity index (χ1v) is 6.37. The van der Waals surface area contributed by atoms with Gasteiger partial charge in [0.15, 0.2) is 0 Å². The predicted octanol–water partition coefficient (Wildman–Crippen LogP) is 0.959. The van der Waals surface area contributed by atoms with Crippen LogP contribution in [0.25, 0.3) is 5.82 Å². The van der Waals surface area contributed by atoms with E-state index in [1.165, 1.54) is 5.56 Å². The lowest BCUT2D eigenvalue weighted by molar-refractivity contribution is 0.199. The summed E-state index contributed by atoms with van der Waals surface area (Å²) in [6.45, 7) is 6.33. The Balaban J connectivity index is 2.25. The molecular formula is C13H21N5O. The van der Waals surface area contributed by atoms with Crippen molar-refractivity contribution in [1.82, 2.24) is 24.6 Å². The number of ether oxygens (including phenoxy) is 1. The Bertz CT molecular complexity index is 543. The summed E-state index contributed by atoms with van der Waals surface area (Å²) in [7, 11) is 3.66. The van der Waals surface area contributed by atoms with E-state index in [1.807, 2.05) is 31.8 Å². The van der Waals surface area contributed by atoms with E-state index < -0.39 is 0 Å². The van der Waals surface area contributed by atoms with Gasteiger partial charge in [-0.15, -0.1) is 0 Å². The van der Waals surface area contributed by atoms with Crippen molar-refractivity contribution < 1.29 is 4.74 Å². The standard InChI is InChI=1S/C13H21N5O/c1-10-12(9-14-6-8-19-4)13(17(3)16-10)18-7-5-15-11(18)2/h5,7,14H,6,8-9H2,1-4H3. The van der Waals surface area contributed by atoms with Crippen LogP contribution in [0.3, 0.4) is 0 Å². The molecule has 6 nitrogen and oxygen atoms in total. The van der Waals surface area contributed by atoms with Gasteiger partial charge in [0.05, 0.1) is 12.3 Å². The summed E-state index contributed by atoms with van der Waals surface area (Å²) in [6.07, 6.45) is 3.77. The van der Waals surface area contributed by atoms with Gasteiger partial charge in [-0.2, -0.15) is 5.10 Å². The van der Waals surface area contributed by atoms with Gasteiger partial charge >= 0.3 is 0 Å². The van der Waals surface area contributed by atoms with Gasteiger partial charge in [0.25, 0.3) is 0 Å². The molecule has 0 bridgehead atoms. The molecular weight excluding hydrogens is 242 g/mol. The topological polar surface area (TPSA) is 56.9 Å². The van der Waals surface area contributed by atoms with E-state index >= 15 is 0 Å². The number of aromatic nitrogens is 4. The number of methoxy groups -OCH3 is 1. The molecule has 104 valence electrons. The van der Waals surface area contributed by atoms with Crippen LogP contribution >= 0.6 is 0 Å². The fourth-order valence-electron chi connectivity index (χ4n) is 2.19. The molecule has 0 aliphatic heterocycles. The molecule has 0 aliphatic rings. The Hall–Kier alpha value is -1.66. The Kier molecular flexibility index (Phi) is 4.34. The largest absolute Gasteiger partial charge is 0.383 e. The van der Waals surface area contributed by atoms with Crippen LogP contribution in [0, 0.1) is 13.8 Å². The van der Waals surface area contributed by atoms with Gasteiger partial charge in [-0.25, -0.2) is 4.98 Å². The first-order chi connectivity index (χ1) is 9.15. The fourth-order valence-corrected chi connectivity index (χ4v) is 2.19. The van der Waals surface area contributed by atoms with E-state index in [4.69, 9.17) is 4.74 Å². The second-order valence-electron chi connectivity index (χ2n) is 4.53. The van der Waals surface area contributed by atoms with E-state index in [2.05, 4.69) is 20.0 Å². The maximum absolute atomic E-state index is 5.04. The van der Waals surface area contributed by atoms with Gasteiger partial charge in [0.2, 0.25) is 0 Å². The van der Waals surface area contributed by atoms with Crippen molar-refractivity contribution in [3.8, 4) is 5.82 Å². The van der Waals surface area contributed by atoms with E-state index in [-0.39, 0.29) is 0 Å². The van der Waals surface area contributed by atoms with Gasteiger partial charge in [-0.1, -0.05) is 0 Å². The van der Waals surface area contributed by atoms with Crippen molar-refractivity contribution in [2.45, 2.75) is 20.4 Å². The molecule has 0 aromatic carbocycles. The van der Waals surface area contributed by atoms with Crippen LogP contribution in [0.2, 0.25) is 0 Å². The van der Waals surface area contributed by atoms with Crippen molar-refractivity contribution in [3.05, 3.63) is 29.5 Å². The number of aryl methyl sites for hydroxylation is 3. The smallest absolute Gasteiger partial charge is 0.140 e. The molecule has 1 N–H and O–H groups in total. The summed E-state index contributed by atoms with van der Waals surface area (Å²) in [5.74, 6) is 2.03.